The summed E-state index contributed by atoms with van der Waals surface area (Å²) in [6, 6.07) is 10.5. The number of hydrogen-bond donors (Lipinski definition) is 1. The molecule has 1 nitrogen and oxygen atoms in total. The molecule has 18 heavy (non-hydrogen) atoms. The quantitative estimate of drug-likeness (QED) is 0.855. The van der Waals surface area contributed by atoms with Crippen molar-refractivity contribution in [3.05, 3.63) is 57.8 Å². The Hall–Kier alpha value is -1.38. The summed E-state index contributed by atoms with van der Waals surface area (Å²) in [6.45, 7) is 3.78. The number of rotatable bonds is 2. The van der Waals surface area contributed by atoms with E-state index >= 15 is 0 Å². The van der Waals surface area contributed by atoms with Gasteiger partial charge in [-0.15, -0.1) is 0 Å². The van der Waals surface area contributed by atoms with Gasteiger partial charge in [0.2, 0.25) is 0 Å². The van der Waals surface area contributed by atoms with Crippen LogP contribution in [0.25, 0.3) is 11.6 Å². The molecule has 0 fully saturated rings. The SMILES string of the molecule is CC(C)(O)[C@@H]1C(c2ccsc2)=Cc2ccccc21. The van der Waals surface area contributed by atoms with Gasteiger partial charge in [0.05, 0.1) is 5.60 Å². The van der Waals surface area contributed by atoms with Gasteiger partial charge in [-0.3, -0.25) is 0 Å². The number of benzene rings is 1. The van der Waals surface area contributed by atoms with Gasteiger partial charge >= 0.3 is 0 Å². The van der Waals surface area contributed by atoms with Crippen molar-refractivity contribution in [1.29, 1.82) is 0 Å². The normalized spacial score (nSPS) is 18.6. The fourth-order valence-corrected chi connectivity index (χ4v) is 3.43. The molecule has 0 saturated carbocycles. The van der Waals surface area contributed by atoms with Gasteiger partial charge in [0.15, 0.2) is 0 Å². The van der Waals surface area contributed by atoms with Crippen molar-refractivity contribution in [3.8, 4) is 0 Å². The fourth-order valence-electron chi connectivity index (χ4n) is 2.76. The predicted molar refractivity (Wildman–Crippen MR) is 77.7 cm³/mol. The molecule has 2 heteroatoms. The molecule has 0 unspecified atom stereocenters. The van der Waals surface area contributed by atoms with Gasteiger partial charge in [-0.1, -0.05) is 30.3 Å². The molecule has 1 N–H and O–H groups in total. The van der Waals surface area contributed by atoms with Gasteiger partial charge in [0.1, 0.15) is 0 Å². The predicted octanol–water partition coefficient (Wildman–Crippen LogP) is 4.16. The van der Waals surface area contributed by atoms with Crippen LogP contribution in [0.15, 0.2) is 41.1 Å². The lowest BCUT2D eigenvalue weighted by Gasteiger charge is -2.29. The molecule has 1 aliphatic rings. The van der Waals surface area contributed by atoms with E-state index in [9.17, 15) is 5.11 Å². The van der Waals surface area contributed by atoms with Gasteiger partial charge in [0.25, 0.3) is 0 Å². The van der Waals surface area contributed by atoms with E-state index in [4.69, 9.17) is 0 Å². The largest absolute Gasteiger partial charge is 0.389 e. The van der Waals surface area contributed by atoms with E-state index in [-0.39, 0.29) is 5.92 Å². The lowest BCUT2D eigenvalue weighted by molar-refractivity contribution is 0.0689. The Morgan fingerprint density at radius 2 is 1.94 bits per heavy atom. The van der Waals surface area contributed by atoms with Crippen LogP contribution in [0.5, 0.6) is 0 Å². The number of hydrogen-bond acceptors (Lipinski definition) is 2. The van der Waals surface area contributed by atoms with E-state index in [1.165, 1.54) is 22.3 Å². The van der Waals surface area contributed by atoms with Crippen LogP contribution in [0.3, 0.4) is 0 Å². The van der Waals surface area contributed by atoms with Gasteiger partial charge in [-0.2, -0.15) is 11.3 Å². The molecule has 1 aromatic heterocycles. The highest BCUT2D eigenvalue weighted by Gasteiger charge is 2.36. The van der Waals surface area contributed by atoms with Gasteiger partial charge < -0.3 is 5.11 Å². The van der Waals surface area contributed by atoms with Crippen LogP contribution in [0, 0.1) is 0 Å². The summed E-state index contributed by atoms with van der Waals surface area (Å²) in [7, 11) is 0. The molecular weight excluding hydrogens is 240 g/mol. The number of aliphatic hydroxyl groups is 1. The summed E-state index contributed by atoms with van der Waals surface area (Å²) in [5, 5.41) is 14.7. The maximum atomic E-state index is 10.5. The van der Waals surface area contributed by atoms with Crippen molar-refractivity contribution >= 4 is 23.0 Å². The smallest absolute Gasteiger partial charge is 0.0700 e. The van der Waals surface area contributed by atoms with Crippen molar-refractivity contribution in [2.75, 3.05) is 0 Å². The molecule has 92 valence electrons. The summed E-state index contributed by atoms with van der Waals surface area (Å²) in [4.78, 5) is 0. The van der Waals surface area contributed by atoms with E-state index in [0.29, 0.717) is 0 Å². The van der Waals surface area contributed by atoms with Gasteiger partial charge in [-0.05, 0) is 52.9 Å². The highest BCUT2D eigenvalue weighted by atomic mass is 32.1. The zero-order valence-corrected chi connectivity index (χ0v) is 11.4. The standard InChI is InChI=1S/C16H16OS/c1-16(2,17)15-13-6-4-3-5-11(13)9-14(15)12-7-8-18-10-12/h3-10,15,17H,1-2H3/t15-/m0/s1. The van der Waals surface area contributed by atoms with Crippen molar-refractivity contribution in [3.63, 3.8) is 0 Å². The lowest BCUT2D eigenvalue weighted by Crippen LogP contribution is -2.28. The number of fused-ring (bicyclic) bond motifs is 1. The summed E-state index contributed by atoms with van der Waals surface area (Å²) >= 11 is 1.70. The van der Waals surface area contributed by atoms with Crippen molar-refractivity contribution in [2.24, 2.45) is 0 Å². The Morgan fingerprint density at radius 1 is 1.17 bits per heavy atom. The molecule has 0 amide bonds. The molecule has 3 rings (SSSR count). The molecule has 2 aromatic rings. The first-order valence-electron chi connectivity index (χ1n) is 6.13. The average molecular weight is 256 g/mol. The molecule has 0 bridgehead atoms. The summed E-state index contributed by atoms with van der Waals surface area (Å²) in [5.74, 6) is 0.0586. The highest BCUT2D eigenvalue weighted by Crippen LogP contribution is 2.47. The molecule has 0 radical (unpaired) electrons. The van der Waals surface area contributed by atoms with Crippen molar-refractivity contribution < 1.29 is 5.11 Å². The molecular formula is C16H16OS. The maximum absolute atomic E-state index is 10.5. The minimum atomic E-state index is -0.750. The molecule has 0 saturated heterocycles. The zero-order valence-electron chi connectivity index (χ0n) is 10.6. The second kappa shape index (κ2) is 4.08. The third kappa shape index (κ3) is 1.82. The van der Waals surface area contributed by atoms with Crippen LogP contribution in [-0.4, -0.2) is 10.7 Å². The van der Waals surface area contributed by atoms with Crippen LogP contribution in [0.4, 0.5) is 0 Å². The van der Waals surface area contributed by atoms with Crippen LogP contribution >= 0.6 is 11.3 Å². The Morgan fingerprint density at radius 3 is 2.61 bits per heavy atom. The Labute approximate surface area is 111 Å². The topological polar surface area (TPSA) is 20.2 Å². The van der Waals surface area contributed by atoms with E-state index in [1.807, 2.05) is 26.0 Å². The second-order valence-corrected chi connectivity index (χ2v) is 6.11. The van der Waals surface area contributed by atoms with Crippen LogP contribution in [0.1, 0.15) is 36.5 Å². The monoisotopic (exact) mass is 256 g/mol. The molecule has 1 heterocycles. The third-order valence-corrected chi connectivity index (χ3v) is 4.17. The second-order valence-electron chi connectivity index (χ2n) is 5.33. The first-order valence-corrected chi connectivity index (χ1v) is 7.07. The summed E-state index contributed by atoms with van der Waals surface area (Å²) in [5.41, 5.74) is 4.16. The lowest BCUT2D eigenvalue weighted by atomic mass is 9.80. The van der Waals surface area contributed by atoms with Crippen LogP contribution < -0.4 is 0 Å². The van der Waals surface area contributed by atoms with E-state index < -0.39 is 5.60 Å². The minimum Gasteiger partial charge on any atom is -0.389 e. The first kappa shape index (κ1) is 11.7. The van der Waals surface area contributed by atoms with Gasteiger partial charge in [0, 0.05) is 5.92 Å². The van der Waals surface area contributed by atoms with Gasteiger partial charge in [-0.25, -0.2) is 0 Å². The Bertz CT molecular complexity index is 588. The molecule has 0 aliphatic heterocycles. The fraction of sp³-hybridized carbons (Fsp3) is 0.250. The van der Waals surface area contributed by atoms with E-state index in [2.05, 4.69) is 35.0 Å². The molecule has 1 aliphatic carbocycles. The maximum Gasteiger partial charge on any atom is 0.0700 e. The Balaban J connectivity index is 2.16. The molecule has 0 spiro atoms. The average Bonchev–Trinajstić information content (AvgIpc) is 2.94. The minimum absolute atomic E-state index is 0.0586. The number of thiophene rings is 1. The van der Waals surface area contributed by atoms with Crippen molar-refractivity contribution in [1.82, 2.24) is 0 Å². The molecule has 1 aromatic carbocycles. The van der Waals surface area contributed by atoms with Crippen LogP contribution in [-0.2, 0) is 0 Å². The Kier molecular flexibility index (Phi) is 2.65. The third-order valence-electron chi connectivity index (χ3n) is 3.49. The van der Waals surface area contributed by atoms with E-state index in [1.54, 1.807) is 11.3 Å². The molecule has 1 atom stereocenters. The van der Waals surface area contributed by atoms with Crippen molar-refractivity contribution in [2.45, 2.75) is 25.4 Å². The zero-order chi connectivity index (χ0) is 12.8. The van der Waals surface area contributed by atoms with E-state index in [0.717, 1.165) is 0 Å². The highest BCUT2D eigenvalue weighted by molar-refractivity contribution is 7.08. The summed E-state index contributed by atoms with van der Waals surface area (Å²) in [6.07, 6.45) is 2.21. The van der Waals surface area contributed by atoms with Crippen LogP contribution in [0.2, 0.25) is 0 Å². The summed E-state index contributed by atoms with van der Waals surface area (Å²) < 4.78 is 0. The first-order chi connectivity index (χ1) is 8.57.